The molecule has 24 heavy (non-hydrogen) atoms. The molecule has 0 saturated carbocycles. The first-order valence-corrected chi connectivity index (χ1v) is 8.64. The Bertz CT molecular complexity index is 763. The maximum Gasteiger partial charge on any atom is 0.238 e. The summed E-state index contributed by atoms with van der Waals surface area (Å²) in [6, 6.07) is 23.7. The predicted molar refractivity (Wildman–Crippen MR) is 97.6 cm³/mol. The normalized spacial score (nSPS) is 11.7. The molecule has 0 aliphatic rings. The van der Waals surface area contributed by atoms with E-state index in [-0.39, 0.29) is 11.2 Å². The average molecular weight is 334 g/mol. The molecule has 3 nitrogen and oxygen atoms in total. The van der Waals surface area contributed by atoms with E-state index in [2.05, 4.69) is 10.3 Å². The van der Waals surface area contributed by atoms with E-state index < -0.39 is 0 Å². The van der Waals surface area contributed by atoms with Gasteiger partial charge in [0.15, 0.2) is 0 Å². The number of hydrogen-bond acceptors (Lipinski definition) is 3. The minimum Gasteiger partial charge on any atom is -0.351 e. The van der Waals surface area contributed by atoms with Crippen LogP contribution < -0.4 is 5.32 Å². The molecule has 1 heterocycles. The van der Waals surface area contributed by atoms with Crippen molar-refractivity contribution in [3.63, 3.8) is 0 Å². The molecule has 2 aromatic carbocycles. The quantitative estimate of drug-likeness (QED) is 0.686. The van der Waals surface area contributed by atoms with Crippen LogP contribution in [0.5, 0.6) is 0 Å². The van der Waals surface area contributed by atoms with Gasteiger partial charge in [-0.1, -0.05) is 54.6 Å². The summed E-state index contributed by atoms with van der Waals surface area (Å²) in [5.74, 6) is -0.00101. The lowest BCUT2D eigenvalue weighted by Crippen LogP contribution is -2.27. The van der Waals surface area contributed by atoms with E-state index in [9.17, 15) is 4.79 Å². The summed E-state index contributed by atoms with van der Waals surface area (Å²) in [5.41, 5.74) is 1.98. The molecule has 3 aromatic rings. The molecule has 1 amide bonds. The fraction of sp³-hybridized carbons (Fsp3) is 0.100. The van der Waals surface area contributed by atoms with Gasteiger partial charge in [0.05, 0.1) is 0 Å². The minimum absolute atomic E-state index is 0.00101. The summed E-state index contributed by atoms with van der Waals surface area (Å²) in [6.45, 7) is 0.478. The summed E-state index contributed by atoms with van der Waals surface area (Å²) in [5, 5.41) is 2.73. The molecular weight excluding hydrogens is 316 g/mol. The van der Waals surface area contributed by atoms with Crippen LogP contribution in [0.2, 0.25) is 0 Å². The second-order valence-corrected chi connectivity index (χ2v) is 6.48. The largest absolute Gasteiger partial charge is 0.351 e. The van der Waals surface area contributed by atoms with Gasteiger partial charge in [-0.2, -0.15) is 0 Å². The van der Waals surface area contributed by atoms with Gasteiger partial charge in [0, 0.05) is 23.8 Å². The maximum absolute atomic E-state index is 12.8. The van der Waals surface area contributed by atoms with Crippen LogP contribution in [-0.2, 0) is 11.3 Å². The standard InChI is InChI=1S/C20H18N2OS/c23-20(22-15-16-8-7-13-21-14-16)19(17-9-3-1-4-10-17)24-18-11-5-2-6-12-18/h1-14,19H,15H2,(H,22,23)/t19-/m0/s1. The monoisotopic (exact) mass is 334 g/mol. The zero-order chi connectivity index (χ0) is 16.6. The van der Waals surface area contributed by atoms with Crippen molar-refractivity contribution in [1.29, 1.82) is 0 Å². The van der Waals surface area contributed by atoms with Crippen LogP contribution in [0.1, 0.15) is 16.4 Å². The van der Waals surface area contributed by atoms with Gasteiger partial charge >= 0.3 is 0 Å². The molecule has 4 heteroatoms. The van der Waals surface area contributed by atoms with Gasteiger partial charge in [-0.15, -0.1) is 11.8 Å². The third kappa shape index (κ3) is 4.46. The van der Waals surface area contributed by atoms with Crippen molar-refractivity contribution in [3.05, 3.63) is 96.3 Å². The molecule has 1 aromatic heterocycles. The SMILES string of the molecule is O=C(NCc1cccnc1)[C@@H](Sc1ccccc1)c1ccccc1. The van der Waals surface area contributed by atoms with Crippen LogP contribution >= 0.6 is 11.8 Å². The van der Waals surface area contributed by atoms with Crippen molar-refractivity contribution in [1.82, 2.24) is 10.3 Å². The lowest BCUT2D eigenvalue weighted by Gasteiger charge is -2.17. The van der Waals surface area contributed by atoms with Crippen molar-refractivity contribution >= 4 is 17.7 Å². The van der Waals surface area contributed by atoms with Crippen LogP contribution in [-0.4, -0.2) is 10.9 Å². The number of carbonyl (C=O) groups excluding carboxylic acids is 1. The van der Waals surface area contributed by atoms with Gasteiger partial charge in [-0.25, -0.2) is 0 Å². The Balaban J connectivity index is 1.75. The van der Waals surface area contributed by atoms with E-state index in [1.807, 2.05) is 72.8 Å². The van der Waals surface area contributed by atoms with Crippen molar-refractivity contribution in [2.75, 3.05) is 0 Å². The summed E-state index contributed by atoms with van der Waals surface area (Å²) in [6.07, 6.45) is 3.49. The molecule has 0 unspecified atom stereocenters. The number of pyridine rings is 1. The Hall–Kier alpha value is -2.59. The number of amides is 1. The summed E-state index contributed by atoms with van der Waals surface area (Å²) in [4.78, 5) is 17.9. The van der Waals surface area contributed by atoms with E-state index >= 15 is 0 Å². The fourth-order valence-electron chi connectivity index (χ4n) is 2.32. The van der Waals surface area contributed by atoms with Gasteiger partial charge in [0.25, 0.3) is 0 Å². The van der Waals surface area contributed by atoms with E-state index in [1.54, 1.807) is 24.2 Å². The molecule has 0 spiro atoms. The maximum atomic E-state index is 12.8. The van der Waals surface area contributed by atoms with Crippen LogP contribution in [0.4, 0.5) is 0 Å². The molecule has 1 atom stereocenters. The van der Waals surface area contributed by atoms with E-state index in [0.717, 1.165) is 16.0 Å². The molecule has 0 radical (unpaired) electrons. The van der Waals surface area contributed by atoms with Gasteiger partial charge < -0.3 is 5.32 Å². The first kappa shape index (κ1) is 16.3. The smallest absolute Gasteiger partial charge is 0.238 e. The van der Waals surface area contributed by atoms with Crippen LogP contribution in [0, 0.1) is 0 Å². The lowest BCUT2D eigenvalue weighted by molar-refractivity contribution is -0.120. The third-order valence-electron chi connectivity index (χ3n) is 3.53. The highest BCUT2D eigenvalue weighted by Gasteiger charge is 2.21. The molecule has 3 rings (SSSR count). The molecular formula is C20H18N2OS. The Kier molecular flexibility index (Phi) is 5.64. The van der Waals surface area contributed by atoms with Crippen LogP contribution in [0.3, 0.4) is 0 Å². The summed E-state index contributed by atoms with van der Waals surface area (Å²) >= 11 is 1.56. The Morgan fingerprint density at radius 3 is 2.33 bits per heavy atom. The number of hydrogen-bond donors (Lipinski definition) is 1. The second-order valence-electron chi connectivity index (χ2n) is 5.30. The van der Waals surface area contributed by atoms with Gasteiger partial charge in [0.1, 0.15) is 5.25 Å². The van der Waals surface area contributed by atoms with E-state index in [1.165, 1.54) is 0 Å². The van der Waals surface area contributed by atoms with E-state index in [4.69, 9.17) is 0 Å². The third-order valence-corrected chi connectivity index (χ3v) is 4.79. The Morgan fingerprint density at radius 2 is 1.67 bits per heavy atom. The summed E-state index contributed by atoms with van der Waals surface area (Å²) in [7, 11) is 0. The van der Waals surface area contributed by atoms with Gasteiger partial charge in [-0.05, 0) is 29.3 Å². The molecule has 120 valence electrons. The number of nitrogens with one attached hydrogen (secondary N) is 1. The number of rotatable bonds is 6. The van der Waals surface area contributed by atoms with Crippen molar-refractivity contribution in [2.45, 2.75) is 16.7 Å². The first-order chi connectivity index (χ1) is 11.8. The van der Waals surface area contributed by atoms with Crippen molar-refractivity contribution < 1.29 is 4.79 Å². The average Bonchev–Trinajstić information content (AvgIpc) is 2.66. The predicted octanol–water partition coefficient (Wildman–Crippen LogP) is 4.23. The molecule has 0 aliphatic heterocycles. The Morgan fingerprint density at radius 1 is 0.958 bits per heavy atom. The van der Waals surface area contributed by atoms with E-state index in [0.29, 0.717) is 6.54 Å². The van der Waals surface area contributed by atoms with Crippen LogP contribution in [0.25, 0.3) is 0 Å². The zero-order valence-electron chi connectivity index (χ0n) is 13.1. The molecule has 0 bridgehead atoms. The minimum atomic E-state index is -0.287. The van der Waals surface area contributed by atoms with Gasteiger partial charge in [-0.3, -0.25) is 9.78 Å². The topological polar surface area (TPSA) is 42.0 Å². The van der Waals surface area contributed by atoms with Crippen molar-refractivity contribution in [3.8, 4) is 0 Å². The zero-order valence-corrected chi connectivity index (χ0v) is 13.9. The first-order valence-electron chi connectivity index (χ1n) is 7.76. The van der Waals surface area contributed by atoms with Crippen LogP contribution in [0.15, 0.2) is 90.1 Å². The van der Waals surface area contributed by atoms with Gasteiger partial charge in [0.2, 0.25) is 5.91 Å². The molecule has 0 saturated heterocycles. The van der Waals surface area contributed by atoms with Crippen molar-refractivity contribution in [2.24, 2.45) is 0 Å². The second kappa shape index (κ2) is 8.31. The molecule has 1 N–H and O–H groups in total. The Labute approximate surface area is 146 Å². The highest BCUT2D eigenvalue weighted by atomic mass is 32.2. The number of nitrogens with zero attached hydrogens (tertiary/aromatic N) is 1. The fourth-order valence-corrected chi connectivity index (χ4v) is 3.39. The molecule has 0 aliphatic carbocycles. The number of thioether (sulfide) groups is 1. The summed E-state index contributed by atoms with van der Waals surface area (Å²) < 4.78 is 0. The highest BCUT2D eigenvalue weighted by molar-refractivity contribution is 8.00. The highest BCUT2D eigenvalue weighted by Crippen LogP contribution is 2.35. The lowest BCUT2D eigenvalue weighted by atomic mass is 10.1. The number of aromatic nitrogens is 1. The molecule has 0 fully saturated rings. The number of benzene rings is 2. The number of carbonyl (C=O) groups is 1.